The Morgan fingerprint density at radius 2 is 1.31 bits per heavy atom. The van der Waals surface area contributed by atoms with Crippen LogP contribution in [0.15, 0.2) is 54.6 Å². The molecule has 3 N–H and O–H groups in total. The lowest BCUT2D eigenvalue weighted by molar-refractivity contribution is 0.440. The Balaban J connectivity index is 2.63. The number of rotatable bonds is 4. The van der Waals surface area contributed by atoms with Crippen molar-refractivity contribution < 1.29 is 23.2 Å². The number of hydrogen-bond acceptors (Lipinski definition) is 4. The van der Waals surface area contributed by atoms with Gasteiger partial charge in [-0.25, -0.2) is 0 Å². The molecule has 5 nitrogen and oxygen atoms in total. The van der Waals surface area contributed by atoms with Gasteiger partial charge in [-0.05, 0) is 35.9 Å². The van der Waals surface area contributed by atoms with Crippen LogP contribution in [0.2, 0.25) is 20.1 Å². The zero-order chi connectivity index (χ0) is 21.6. The van der Waals surface area contributed by atoms with E-state index in [1.807, 2.05) is 0 Å². The highest BCUT2D eigenvalue weighted by Gasteiger charge is 2.51. The van der Waals surface area contributed by atoms with Crippen LogP contribution in [0.3, 0.4) is 0 Å². The van der Waals surface area contributed by atoms with Gasteiger partial charge in [0.05, 0.1) is 5.02 Å². The molecule has 3 aromatic carbocycles. The van der Waals surface area contributed by atoms with Crippen LogP contribution in [-0.2, 0) is 14.9 Å². The molecule has 1 unspecified atom stereocenters. The summed E-state index contributed by atoms with van der Waals surface area (Å²) < 4.78 is 34.0. The van der Waals surface area contributed by atoms with Crippen LogP contribution in [0.25, 0.3) is 0 Å². The molecule has 0 fully saturated rings. The van der Waals surface area contributed by atoms with E-state index in [2.05, 4.69) is 0 Å². The van der Waals surface area contributed by atoms with E-state index >= 15 is 0 Å². The summed E-state index contributed by atoms with van der Waals surface area (Å²) >= 11 is 24.5. The van der Waals surface area contributed by atoms with E-state index in [1.54, 1.807) is 0 Å². The standard InChI is InChI=1S/C19H12Cl4O5S/c20-11-7-10(8-12(21)9-11)19(29(26,27)28,13-3-1-2-4-15(13)24)14-5-6-16(25)18(23)17(14)22/h1-9,24-25H,(H,26,27,28). The molecule has 0 aliphatic heterocycles. The molecular formula is C19H12Cl4O5S. The molecule has 3 aromatic rings. The van der Waals surface area contributed by atoms with Crippen LogP contribution >= 0.6 is 46.4 Å². The molecule has 0 radical (unpaired) electrons. The Kier molecular flexibility index (Phi) is 5.98. The fourth-order valence-corrected chi connectivity index (χ4v) is 5.59. The number of aromatic hydroxyl groups is 2. The van der Waals surface area contributed by atoms with Crippen molar-refractivity contribution in [3.63, 3.8) is 0 Å². The average molecular weight is 494 g/mol. The molecule has 0 aliphatic carbocycles. The molecule has 10 heteroatoms. The third kappa shape index (κ3) is 3.65. The first-order chi connectivity index (χ1) is 13.5. The van der Waals surface area contributed by atoms with E-state index in [4.69, 9.17) is 46.4 Å². The highest BCUT2D eigenvalue weighted by Crippen LogP contribution is 2.51. The first-order valence-corrected chi connectivity index (χ1v) is 10.8. The summed E-state index contributed by atoms with van der Waals surface area (Å²) in [6.07, 6.45) is 0. The van der Waals surface area contributed by atoms with Crippen LogP contribution in [0, 0.1) is 0 Å². The average Bonchev–Trinajstić information content (AvgIpc) is 2.61. The number of para-hydroxylation sites is 1. The predicted octanol–water partition coefficient (Wildman–Crippen LogP) is 5.89. The fraction of sp³-hybridized carbons (Fsp3) is 0.0526. The smallest absolute Gasteiger partial charge is 0.283 e. The maximum absolute atomic E-state index is 13.0. The van der Waals surface area contributed by atoms with Gasteiger partial charge in [-0.15, -0.1) is 0 Å². The summed E-state index contributed by atoms with van der Waals surface area (Å²) in [5.41, 5.74) is -0.531. The summed E-state index contributed by atoms with van der Waals surface area (Å²) in [7, 11) is -5.10. The lowest BCUT2D eigenvalue weighted by atomic mass is 9.83. The topological polar surface area (TPSA) is 94.8 Å². The van der Waals surface area contributed by atoms with E-state index in [0.717, 1.165) is 6.07 Å². The minimum absolute atomic E-state index is 0.0805. The van der Waals surface area contributed by atoms with Crippen molar-refractivity contribution in [1.82, 2.24) is 0 Å². The van der Waals surface area contributed by atoms with Gasteiger partial charge in [0.1, 0.15) is 16.5 Å². The summed E-state index contributed by atoms with van der Waals surface area (Å²) in [6.45, 7) is 0. The molecule has 3 rings (SSSR count). The van der Waals surface area contributed by atoms with Crippen molar-refractivity contribution in [3.8, 4) is 11.5 Å². The van der Waals surface area contributed by atoms with Crippen molar-refractivity contribution in [2.45, 2.75) is 4.75 Å². The van der Waals surface area contributed by atoms with Gasteiger partial charge in [0, 0.05) is 21.2 Å². The van der Waals surface area contributed by atoms with Gasteiger partial charge >= 0.3 is 0 Å². The van der Waals surface area contributed by atoms with E-state index in [1.165, 1.54) is 48.5 Å². The third-order valence-corrected chi connectivity index (χ3v) is 7.14. The first-order valence-electron chi connectivity index (χ1n) is 7.89. The SMILES string of the molecule is O=S(=O)(O)C(c1cc(Cl)cc(Cl)c1)(c1ccccc1O)c1ccc(O)c(Cl)c1Cl. The first kappa shape index (κ1) is 22.0. The zero-order valence-electron chi connectivity index (χ0n) is 14.3. The molecule has 152 valence electrons. The number of hydrogen-bond donors (Lipinski definition) is 3. The normalized spacial score (nSPS) is 13.8. The van der Waals surface area contributed by atoms with Crippen molar-refractivity contribution in [3.05, 3.63) is 91.4 Å². The molecule has 0 spiro atoms. The second kappa shape index (κ2) is 7.87. The maximum Gasteiger partial charge on any atom is 0.283 e. The van der Waals surface area contributed by atoms with Gasteiger partial charge < -0.3 is 10.2 Å². The number of benzene rings is 3. The van der Waals surface area contributed by atoms with Crippen molar-refractivity contribution in [2.24, 2.45) is 0 Å². The minimum Gasteiger partial charge on any atom is -0.508 e. The number of halogens is 4. The largest absolute Gasteiger partial charge is 0.508 e. The van der Waals surface area contributed by atoms with E-state index < -0.39 is 26.4 Å². The van der Waals surface area contributed by atoms with Crippen molar-refractivity contribution in [1.29, 1.82) is 0 Å². The number of phenolic OH excluding ortho intramolecular Hbond substituents is 2. The van der Waals surface area contributed by atoms with Gasteiger partial charge in [-0.1, -0.05) is 70.7 Å². The summed E-state index contributed by atoms with van der Waals surface area (Å²) in [4.78, 5) is 0. The predicted molar refractivity (Wildman–Crippen MR) is 114 cm³/mol. The molecule has 29 heavy (non-hydrogen) atoms. The van der Waals surface area contributed by atoms with Gasteiger partial charge in [0.15, 0.2) is 4.75 Å². The molecule has 0 bridgehead atoms. The molecule has 1 atom stereocenters. The second-order valence-corrected chi connectivity index (χ2v) is 9.28. The van der Waals surface area contributed by atoms with Crippen LogP contribution in [0.1, 0.15) is 16.7 Å². The Labute approximate surface area is 186 Å². The fourth-order valence-electron chi connectivity index (χ4n) is 3.22. The Morgan fingerprint density at radius 1 is 0.724 bits per heavy atom. The molecule has 0 saturated carbocycles. The van der Waals surface area contributed by atoms with Crippen LogP contribution < -0.4 is 0 Å². The summed E-state index contributed by atoms with van der Waals surface area (Å²) in [5, 5.41) is 19.9. The van der Waals surface area contributed by atoms with Gasteiger partial charge in [-0.3, -0.25) is 4.55 Å². The monoisotopic (exact) mass is 492 g/mol. The minimum atomic E-state index is -5.10. The van der Waals surface area contributed by atoms with Crippen molar-refractivity contribution >= 4 is 56.5 Å². The van der Waals surface area contributed by atoms with Crippen LogP contribution in [0.5, 0.6) is 11.5 Å². The van der Waals surface area contributed by atoms with E-state index in [-0.39, 0.29) is 36.8 Å². The van der Waals surface area contributed by atoms with E-state index in [0.29, 0.717) is 0 Å². The molecule has 0 aliphatic rings. The Hall–Kier alpha value is -1.67. The summed E-state index contributed by atoms with van der Waals surface area (Å²) in [5.74, 6) is -0.840. The lowest BCUT2D eigenvalue weighted by Crippen LogP contribution is -2.38. The van der Waals surface area contributed by atoms with Gasteiger partial charge in [-0.2, -0.15) is 8.42 Å². The zero-order valence-corrected chi connectivity index (χ0v) is 18.1. The highest BCUT2D eigenvalue weighted by atomic mass is 35.5. The second-order valence-electron chi connectivity index (χ2n) is 6.09. The molecule has 0 amide bonds. The summed E-state index contributed by atoms with van der Waals surface area (Å²) in [6, 6.07) is 11.7. The quantitative estimate of drug-likeness (QED) is 0.311. The Morgan fingerprint density at radius 3 is 1.86 bits per heavy atom. The molecule has 0 saturated heterocycles. The van der Waals surface area contributed by atoms with Crippen LogP contribution in [0.4, 0.5) is 0 Å². The van der Waals surface area contributed by atoms with Gasteiger partial charge in [0.2, 0.25) is 0 Å². The van der Waals surface area contributed by atoms with Crippen molar-refractivity contribution in [2.75, 3.05) is 0 Å². The lowest BCUT2D eigenvalue weighted by Gasteiger charge is -2.34. The highest BCUT2D eigenvalue weighted by molar-refractivity contribution is 7.87. The Bertz CT molecular complexity index is 1190. The van der Waals surface area contributed by atoms with Gasteiger partial charge in [0.25, 0.3) is 10.1 Å². The third-order valence-electron chi connectivity index (χ3n) is 4.38. The molecule has 0 heterocycles. The maximum atomic E-state index is 13.0. The van der Waals surface area contributed by atoms with E-state index in [9.17, 15) is 23.2 Å². The molecule has 0 aromatic heterocycles. The van der Waals surface area contributed by atoms with Crippen LogP contribution in [-0.4, -0.2) is 23.2 Å². The number of phenols is 2. The molecular weight excluding hydrogens is 482 g/mol.